The van der Waals surface area contributed by atoms with Gasteiger partial charge in [-0.15, -0.1) is 11.3 Å². The van der Waals surface area contributed by atoms with E-state index in [1.165, 1.54) is 55.6 Å². The highest BCUT2D eigenvalue weighted by Crippen LogP contribution is 2.28. The smallest absolute Gasteiger partial charge is 0.329 e. The van der Waals surface area contributed by atoms with Crippen LogP contribution in [0, 0.1) is 6.92 Å². The van der Waals surface area contributed by atoms with Crippen LogP contribution >= 0.6 is 34.9 Å². The van der Waals surface area contributed by atoms with Crippen molar-refractivity contribution in [2.24, 2.45) is 0 Å². The van der Waals surface area contributed by atoms with Crippen molar-refractivity contribution < 1.29 is 4.79 Å². The lowest BCUT2D eigenvalue weighted by Crippen LogP contribution is -2.31. The van der Waals surface area contributed by atoms with Gasteiger partial charge in [-0.3, -0.25) is 14.1 Å². The summed E-state index contributed by atoms with van der Waals surface area (Å²) in [5, 5.41) is 6.83. The molecule has 1 saturated heterocycles. The zero-order valence-corrected chi connectivity index (χ0v) is 24.1. The van der Waals surface area contributed by atoms with Crippen LogP contribution in [0.3, 0.4) is 0 Å². The van der Waals surface area contributed by atoms with Crippen molar-refractivity contribution in [1.29, 1.82) is 0 Å². The molecule has 0 aliphatic carbocycles. The molecule has 0 saturated carbocycles. The highest BCUT2D eigenvalue weighted by molar-refractivity contribution is 7.99. The average molecular weight is 583 g/mol. The molecule has 0 radical (unpaired) electrons. The van der Waals surface area contributed by atoms with Gasteiger partial charge in [0.2, 0.25) is 0 Å². The lowest BCUT2D eigenvalue weighted by Gasteiger charge is -2.26. The Morgan fingerprint density at radius 1 is 1.05 bits per heavy atom. The van der Waals surface area contributed by atoms with Crippen LogP contribution in [0.1, 0.15) is 31.5 Å². The van der Waals surface area contributed by atoms with Crippen LogP contribution in [-0.4, -0.2) is 46.7 Å². The van der Waals surface area contributed by atoms with Gasteiger partial charge in [-0.2, -0.15) is 0 Å². The number of nitrogens with zero attached hydrogens (tertiary/aromatic N) is 3. The Morgan fingerprint density at radius 2 is 1.82 bits per heavy atom. The summed E-state index contributed by atoms with van der Waals surface area (Å²) in [6.45, 7) is 6.26. The molecule has 0 atom stereocenters. The van der Waals surface area contributed by atoms with Crippen LogP contribution in [0.4, 0.5) is 16.2 Å². The van der Waals surface area contributed by atoms with Gasteiger partial charge >= 0.3 is 6.03 Å². The molecular formula is C28H31ClN6O2S2. The number of urea groups is 1. The minimum Gasteiger partial charge on any atom is -0.385 e. The fraction of sp³-hybridized carbons (Fsp3) is 0.321. The molecule has 1 aliphatic heterocycles. The minimum atomic E-state index is -0.353. The maximum absolute atomic E-state index is 13.4. The number of anilines is 2. The van der Waals surface area contributed by atoms with Crippen molar-refractivity contribution in [3.05, 3.63) is 75.1 Å². The normalized spacial score (nSPS) is 13.9. The monoisotopic (exact) mass is 582 g/mol. The third kappa shape index (κ3) is 7.13. The number of piperidine rings is 1. The number of amides is 2. The maximum atomic E-state index is 13.4. The summed E-state index contributed by atoms with van der Waals surface area (Å²) in [4.78, 5) is 32.9. The summed E-state index contributed by atoms with van der Waals surface area (Å²) < 4.78 is 5.87. The quantitative estimate of drug-likeness (QED) is 0.154. The highest BCUT2D eigenvalue weighted by Gasteiger charge is 2.12. The topological polar surface area (TPSA) is 91.3 Å². The number of likely N-dealkylation sites (tertiary alicyclic amines) is 1. The Hall–Kier alpha value is -3.05. The number of carbonyl (C=O) groups is 1. The molecule has 39 heavy (non-hydrogen) atoms. The molecule has 1 fully saturated rings. The van der Waals surface area contributed by atoms with Gasteiger partial charge in [-0.1, -0.05) is 18.0 Å². The number of nitrogens with one attached hydrogen (secondary N) is 3. The van der Waals surface area contributed by atoms with E-state index in [4.69, 9.17) is 16.6 Å². The minimum absolute atomic E-state index is 0.126. The average Bonchev–Trinajstić information content (AvgIpc) is 3.36. The number of hydrogen-bond donors (Lipinski definition) is 3. The molecule has 5 rings (SSSR count). The van der Waals surface area contributed by atoms with E-state index in [1.807, 2.05) is 31.2 Å². The number of aromatic nitrogens is 2. The Morgan fingerprint density at radius 3 is 2.56 bits per heavy atom. The van der Waals surface area contributed by atoms with Gasteiger partial charge in [0, 0.05) is 17.9 Å². The van der Waals surface area contributed by atoms with Crippen molar-refractivity contribution in [3.8, 4) is 5.69 Å². The molecule has 0 unspecified atom stereocenters. The zero-order valence-electron chi connectivity index (χ0n) is 21.7. The third-order valence-electron chi connectivity index (χ3n) is 6.64. The van der Waals surface area contributed by atoms with Crippen molar-refractivity contribution in [1.82, 2.24) is 19.2 Å². The highest BCUT2D eigenvalue weighted by atomic mass is 35.5. The van der Waals surface area contributed by atoms with Crippen molar-refractivity contribution in [2.75, 3.05) is 36.8 Å². The molecule has 204 valence electrons. The summed E-state index contributed by atoms with van der Waals surface area (Å²) in [5.74, 6) is 0.596. The van der Waals surface area contributed by atoms with Crippen LogP contribution in [0.2, 0.25) is 4.34 Å². The van der Waals surface area contributed by atoms with Gasteiger partial charge in [-0.25, -0.2) is 9.78 Å². The van der Waals surface area contributed by atoms with Gasteiger partial charge in [-0.05, 0) is 112 Å². The van der Waals surface area contributed by atoms with E-state index in [0.29, 0.717) is 32.4 Å². The third-order valence-corrected chi connectivity index (χ3v) is 8.79. The molecule has 1 aliphatic rings. The Labute approximate surface area is 240 Å². The first-order chi connectivity index (χ1) is 19.0. The Kier molecular flexibility index (Phi) is 9.08. The molecule has 11 heteroatoms. The molecule has 3 heterocycles. The van der Waals surface area contributed by atoms with Gasteiger partial charge < -0.3 is 15.5 Å². The lowest BCUT2D eigenvalue weighted by molar-refractivity contribution is 0.228. The van der Waals surface area contributed by atoms with Crippen LogP contribution in [0.5, 0.6) is 0 Å². The van der Waals surface area contributed by atoms with Crippen molar-refractivity contribution >= 4 is 63.2 Å². The number of aryl methyl sites for hydroxylation is 1. The predicted molar refractivity (Wildman–Crippen MR) is 163 cm³/mol. The lowest BCUT2D eigenvalue weighted by atomic mass is 10.1. The number of hydrogen-bond acceptors (Lipinski definition) is 7. The first kappa shape index (κ1) is 27.5. The summed E-state index contributed by atoms with van der Waals surface area (Å²) in [5.41, 5.74) is 2.81. The molecule has 0 bridgehead atoms. The second-order valence-electron chi connectivity index (χ2n) is 9.48. The van der Waals surface area contributed by atoms with E-state index < -0.39 is 0 Å². The van der Waals surface area contributed by atoms with E-state index in [1.54, 1.807) is 34.9 Å². The van der Waals surface area contributed by atoms with Crippen molar-refractivity contribution in [3.63, 3.8) is 0 Å². The van der Waals surface area contributed by atoms with E-state index in [-0.39, 0.29) is 11.6 Å². The molecule has 8 nitrogen and oxygen atoms in total. The van der Waals surface area contributed by atoms with E-state index in [9.17, 15) is 9.59 Å². The first-order valence-electron chi connectivity index (χ1n) is 13.1. The fourth-order valence-electron chi connectivity index (χ4n) is 4.73. The number of fused-ring (bicyclic) bond motifs is 1. The standard InChI is InChI=1S/C28H31ClN6O2S2/c1-19-31-24-18-21(30-14-5-17-34-15-3-2-4-16-34)8-11-23(24)27(36)35(19)22-9-6-20(7-10-22)32-28(37)33-39-26-13-12-25(29)38-26/h6-13,18,30H,2-5,14-17H2,1H3,(H2,32,33,37). The number of thiophene rings is 1. The number of halogens is 1. The Bertz CT molecular complexity index is 1500. The molecule has 3 N–H and O–H groups in total. The summed E-state index contributed by atoms with van der Waals surface area (Å²) in [7, 11) is 0. The van der Waals surface area contributed by atoms with Crippen LogP contribution < -0.4 is 20.9 Å². The Balaban J connectivity index is 1.21. The van der Waals surface area contributed by atoms with Gasteiger partial charge in [0.15, 0.2) is 0 Å². The summed E-state index contributed by atoms with van der Waals surface area (Å²) in [6.07, 6.45) is 5.06. The number of benzene rings is 2. The SMILES string of the molecule is Cc1nc2cc(NCCCN3CCCCC3)ccc2c(=O)n1-c1ccc(NC(=O)NSc2ccc(Cl)s2)cc1. The molecule has 0 spiro atoms. The predicted octanol–water partition coefficient (Wildman–Crippen LogP) is 6.53. The fourth-order valence-corrected chi connectivity index (χ4v) is 6.58. The first-order valence-corrected chi connectivity index (χ1v) is 15.1. The second-order valence-corrected chi connectivity index (χ2v) is 12.3. The van der Waals surface area contributed by atoms with Crippen LogP contribution in [0.15, 0.2) is 63.6 Å². The van der Waals surface area contributed by atoms with Gasteiger partial charge in [0.25, 0.3) is 5.56 Å². The molecule has 2 aromatic carbocycles. The maximum Gasteiger partial charge on any atom is 0.329 e. The van der Waals surface area contributed by atoms with Crippen LogP contribution in [-0.2, 0) is 0 Å². The summed E-state index contributed by atoms with van der Waals surface area (Å²) >= 11 is 8.51. The van der Waals surface area contributed by atoms with E-state index in [2.05, 4.69) is 20.3 Å². The van der Waals surface area contributed by atoms with Crippen LogP contribution in [0.25, 0.3) is 16.6 Å². The van der Waals surface area contributed by atoms with Crippen molar-refractivity contribution in [2.45, 2.75) is 36.8 Å². The summed E-state index contributed by atoms with van der Waals surface area (Å²) in [6, 6.07) is 16.1. The van der Waals surface area contributed by atoms with Gasteiger partial charge in [0.1, 0.15) is 5.82 Å². The molecule has 2 aromatic heterocycles. The molecule has 4 aromatic rings. The largest absolute Gasteiger partial charge is 0.385 e. The molecular weight excluding hydrogens is 552 g/mol. The number of carbonyl (C=O) groups excluding carboxylic acids is 1. The second kappa shape index (κ2) is 12.9. The van der Waals surface area contributed by atoms with E-state index in [0.717, 1.165) is 29.4 Å². The number of rotatable bonds is 9. The molecule has 2 amide bonds. The van der Waals surface area contributed by atoms with Gasteiger partial charge in [0.05, 0.1) is 25.1 Å². The van der Waals surface area contributed by atoms with E-state index >= 15 is 0 Å². The zero-order chi connectivity index (χ0) is 27.2.